The van der Waals surface area contributed by atoms with Gasteiger partial charge in [-0.2, -0.15) is 10.2 Å². The van der Waals surface area contributed by atoms with Crippen molar-refractivity contribution >= 4 is 23.5 Å². The number of halogens is 1. The molecule has 1 amide bonds. The van der Waals surface area contributed by atoms with Crippen molar-refractivity contribution in [1.82, 2.24) is 15.4 Å². The number of ether oxygens (including phenoxy) is 1. The summed E-state index contributed by atoms with van der Waals surface area (Å²) in [5.41, 5.74) is 2.10. The van der Waals surface area contributed by atoms with Gasteiger partial charge < -0.3 is 4.74 Å². The monoisotopic (exact) mass is 337 g/mol. The minimum absolute atomic E-state index is 0.00149. The van der Waals surface area contributed by atoms with Gasteiger partial charge in [-0.1, -0.05) is 24.4 Å². The predicted molar refractivity (Wildman–Crippen MR) is 85.9 cm³/mol. The van der Waals surface area contributed by atoms with Crippen LogP contribution in [0.15, 0.2) is 6.20 Å². The van der Waals surface area contributed by atoms with E-state index in [0.717, 1.165) is 25.7 Å². The highest BCUT2D eigenvalue weighted by atomic mass is 35.5. The third-order valence-corrected chi connectivity index (χ3v) is 3.62. The summed E-state index contributed by atoms with van der Waals surface area (Å²) in [5.74, 6) is 0.314. The lowest BCUT2D eigenvalue weighted by atomic mass is 10.2. The van der Waals surface area contributed by atoms with E-state index in [1.54, 1.807) is 25.8 Å². The summed E-state index contributed by atoms with van der Waals surface area (Å²) in [7, 11) is 0. The fourth-order valence-electron chi connectivity index (χ4n) is 2.46. The molecule has 7 nitrogen and oxygen atoms in total. The van der Waals surface area contributed by atoms with Crippen molar-refractivity contribution in [2.45, 2.75) is 58.1 Å². The third-order valence-electron chi connectivity index (χ3n) is 3.35. The van der Waals surface area contributed by atoms with Crippen molar-refractivity contribution in [2.24, 2.45) is 0 Å². The largest absolute Gasteiger partial charge is 0.443 e. The van der Waals surface area contributed by atoms with Crippen LogP contribution in [0.1, 0.15) is 52.3 Å². The smallest absolute Gasteiger partial charge is 0.426 e. The zero-order chi connectivity index (χ0) is 17.0. The van der Waals surface area contributed by atoms with Crippen LogP contribution in [0, 0.1) is 11.3 Å². The van der Waals surface area contributed by atoms with Crippen molar-refractivity contribution in [3.63, 3.8) is 0 Å². The molecule has 0 radical (unpaired) electrons. The molecule has 0 bridgehead atoms. The van der Waals surface area contributed by atoms with Gasteiger partial charge in [0.25, 0.3) is 0 Å². The van der Waals surface area contributed by atoms with Crippen molar-refractivity contribution in [2.75, 3.05) is 5.01 Å². The molecule has 23 heavy (non-hydrogen) atoms. The van der Waals surface area contributed by atoms with Crippen LogP contribution in [0.25, 0.3) is 0 Å². The molecule has 0 atom stereocenters. The molecule has 0 aliphatic heterocycles. The highest BCUT2D eigenvalue weighted by molar-refractivity contribution is 6.32. The summed E-state index contributed by atoms with van der Waals surface area (Å²) >= 11 is 6.17. The van der Waals surface area contributed by atoms with Crippen LogP contribution in [-0.2, 0) is 4.74 Å². The first-order valence-corrected chi connectivity index (χ1v) is 7.89. The van der Waals surface area contributed by atoms with Crippen LogP contribution in [0.5, 0.6) is 0 Å². The number of hydrazine groups is 1. The molecule has 0 spiro atoms. The number of carbonyl (C=O) groups excluding carboxylic acids is 1. The van der Waals surface area contributed by atoms with Crippen LogP contribution in [0.3, 0.4) is 0 Å². The van der Waals surface area contributed by atoms with E-state index < -0.39 is 11.7 Å². The predicted octanol–water partition coefficient (Wildman–Crippen LogP) is 3.19. The fourth-order valence-corrected chi connectivity index (χ4v) is 2.64. The van der Waals surface area contributed by atoms with Gasteiger partial charge in [0, 0.05) is 0 Å². The minimum atomic E-state index is -0.612. The topological polar surface area (TPSA) is 91.1 Å². The van der Waals surface area contributed by atoms with E-state index in [9.17, 15) is 4.79 Å². The SMILES string of the molecule is CC(C)(C)OC(=O)NN(c1nc(C#N)ncc1Cl)C1CCCC1. The van der Waals surface area contributed by atoms with E-state index in [2.05, 4.69) is 15.4 Å². The van der Waals surface area contributed by atoms with E-state index in [1.807, 2.05) is 6.07 Å². The maximum absolute atomic E-state index is 12.1. The fraction of sp³-hybridized carbons (Fsp3) is 0.600. The number of nitrogens with zero attached hydrogens (tertiary/aromatic N) is 4. The van der Waals surface area contributed by atoms with Crippen LogP contribution >= 0.6 is 11.6 Å². The molecule has 1 saturated carbocycles. The molecule has 1 aliphatic carbocycles. The number of carbonyl (C=O) groups is 1. The maximum Gasteiger partial charge on any atom is 0.426 e. The molecule has 1 fully saturated rings. The summed E-state index contributed by atoms with van der Waals surface area (Å²) in [5, 5.41) is 10.9. The van der Waals surface area contributed by atoms with Crippen LogP contribution < -0.4 is 10.4 Å². The van der Waals surface area contributed by atoms with Gasteiger partial charge in [-0.25, -0.2) is 15.2 Å². The molecule has 2 rings (SSSR count). The number of rotatable bonds is 3. The average Bonchev–Trinajstić information content (AvgIpc) is 2.97. The van der Waals surface area contributed by atoms with E-state index in [-0.39, 0.29) is 16.9 Å². The first-order valence-electron chi connectivity index (χ1n) is 7.51. The molecule has 0 aromatic carbocycles. The Morgan fingerprint density at radius 2 is 2.13 bits per heavy atom. The zero-order valence-electron chi connectivity index (χ0n) is 13.5. The third kappa shape index (κ3) is 4.70. The van der Waals surface area contributed by atoms with Crippen molar-refractivity contribution in [3.8, 4) is 6.07 Å². The molecular formula is C15H20ClN5O2. The number of anilines is 1. The lowest BCUT2D eigenvalue weighted by molar-refractivity contribution is 0.0514. The number of hydrogen-bond donors (Lipinski definition) is 1. The first kappa shape index (κ1) is 17.3. The Hall–Kier alpha value is -2.07. The molecule has 124 valence electrons. The minimum Gasteiger partial charge on any atom is -0.443 e. The van der Waals surface area contributed by atoms with Crippen molar-refractivity contribution < 1.29 is 9.53 Å². The molecule has 1 N–H and O–H groups in total. The molecule has 0 saturated heterocycles. The molecule has 1 aromatic heterocycles. The Morgan fingerprint density at radius 3 is 2.70 bits per heavy atom. The molecule has 1 aliphatic rings. The van der Waals surface area contributed by atoms with E-state index in [0.29, 0.717) is 5.82 Å². The van der Waals surface area contributed by atoms with Crippen LogP contribution in [0.4, 0.5) is 10.6 Å². The van der Waals surface area contributed by atoms with Gasteiger partial charge in [0.05, 0.1) is 12.2 Å². The maximum atomic E-state index is 12.1. The van der Waals surface area contributed by atoms with E-state index in [1.165, 1.54) is 6.20 Å². The number of hydrogen-bond acceptors (Lipinski definition) is 6. The molecule has 0 unspecified atom stereocenters. The molecule has 1 heterocycles. The highest BCUT2D eigenvalue weighted by Crippen LogP contribution is 2.30. The van der Waals surface area contributed by atoms with Gasteiger partial charge in [-0.15, -0.1) is 0 Å². The number of amides is 1. The Bertz CT molecular complexity index is 617. The summed E-state index contributed by atoms with van der Waals surface area (Å²) in [6.07, 6.45) is 4.70. The second-order valence-corrected chi connectivity index (χ2v) is 6.81. The average molecular weight is 338 g/mol. The zero-order valence-corrected chi connectivity index (χ0v) is 14.2. The Balaban J connectivity index is 2.28. The van der Waals surface area contributed by atoms with Gasteiger partial charge in [-0.3, -0.25) is 5.01 Å². The van der Waals surface area contributed by atoms with E-state index >= 15 is 0 Å². The summed E-state index contributed by atoms with van der Waals surface area (Å²) < 4.78 is 5.30. The van der Waals surface area contributed by atoms with Crippen LogP contribution in [-0.4, -0.2) is 27.7 Å². The summed E-state index contributed by atoms with van der Waals surface area (Å²) in [4.78, 5) is 20.1. The van der Waals surface area contributed by atoms with E-state index in [4.69, 9.17) is 21.6 Å². The quantitative estimate of drug-likeness (QED) is 0.852. The standard InChI is InChI=1S/C15H20ClN5O2/c1-15(2,3)23-14(22)20-21(10-6-4-5-7-10)13-11(16)9-18-12(8-17)19-13/h9-10H,4-7H2,1-3H3,(H,20,22). The molecular weight excluding hydrogens is 318 g/mol. The van der Waals surface area contributed by atoms with Gasteiger partial charge in [0.15, 0.2) is 5.82 Å². The second kappa shape index (κ2) is 7.01. The van der Waals surface area contributed by atoms with Gasteiger partial charge in [-0.05, 0) is 33.6 Å². The van der Waals surface area contributed by atoms with Gasteiger partial charge in [0.1, 0.15) is 16.7 Å². The summed E-state index contributed by atoms with van der Waals surface area (Å²) in [6.45, 7) is 5.37. The normalized spacial score (nSPS) is 15.1. The van der Waals surface area contributed by atoms with Crippen molar-refractivity contribution in [3.05, 3.63) is 17.0 Å². The molecule has 1 aromatic rings. The Kier molecular flexibility index (Phi) is 5.26. The highest BCUT2D eigenvalue weighted by Gasteiger charge is 2.29. The summed E-state index contributed by atoms with van der Waals surface area (Å²) in [6, 6.07) is 1.94. The van der Waals surface area contributed by atoms with Gasteiger partial charge in [0.2, 0.25) is 5.82 Å². The van der Waals surface area contributed by atoms with Crippen molar-refractivity contribution in [1.29, 1.82) is 5.26 Å². The Labute approximate surface area is 140 Å². The lowest BCUT2D eigenvalue weighted by Gasteiger charge is -2.31. The second-order valence-electron chi connectivity index (χ2n) is 6.40. The number of nitriles is 1. The first-order chi connectivity index (χ1) is 10.8. The van der Waals surface area contributed by atoms with Crippen LogP contribution in [0.2, 0.25) is 5.02 Å². The molecule has 8 heteroatoms. The lowest BCUT2D eigenvalue weighted by Crippen LogP contribution is -2.50. The number of nitrogens with one attached hydrogen (secondary N) is 1. The Morgan fingerprint density at radius 1 is 1.48 bits per heavy atom. The number of aromatic nitrogens is 2. The van der Waals surface area contributed by atoms with Gasteiger partial charge >= 0.3 is 6.09 Å².